The Bertz CT molecular complexity index is 765. The van der Waals surface area contributed by atoms with Crippen LogP contribution in [0.15, 0.2) is 99.6 Å². The SMILES string of the molecule is O=C(CCBr)Oc1ccc([S+](c2ccccc2)c2ccccc2)cc1. The van der Waals surface area contributed by atoms with E-state index in [1.54, 1.807) is 0 Å². The second kappa shape index (κ2) is 8.88. The van der Waals surface area contributed by atoms with E-state index in [0.29, 0.717) is 17.5 Å². The molecule has 3 rings (SSSR count). The molecule has 0 bridgehead atoms. The van der Waals surface area contributed by atoms with Gasteiger partial charge in [-0.2, -0.15) is 0 Å². The van der Waals surface area contributed by atoms with Crippen LogP contribution in [0, 0.1) is 0 Å². The van der Waals surface area contributed by atoms with Crippen molar-refractivity contribution in [1.82, 2.24) is 0 Å². The fourth-order valence-electron chi connectivity index (χ4n) is 2.42. The van der Waals surface area contributed by atoms with Crippen LogP contribution in [0.5, 0.6) is 5.75 Å². The molecule has 3 aromatic carbocycles. The normalized spacial score (nSPS) is 10.6. The minimum absolute atomic E-state index is 0.187. The van der Waals surface area contributed by atoms with E-state index in [4.69, 9.17) is 4.74 Å². The summed E-state index contributed by atoms with van der Waals surface area (Å²) >= 11 is 3.25. The van der Waals surface area contributed by atoms with Gasteiger partial charge in [0.2, 0.25) is 0 Å². The van der Waals surface area contributed by atoms with Gasteiger partial charge < -0.3 is 4.74 Å². The maximum atomic E-state index is 11.6. The average Bonchev–Trinajstić information content (AvgIpc) is 2.65. The average molecular weight is 414 g/mol. The van der Waals surface area contributed by atoms with Crippen LogP contribution in [-0.2, 0) is 15.7 Å². The van der Waals surface area contributed by atoms with E-state index in [1.165, 1.54) is 14.7 Å². The van der Waals surface area contributed by atoms with Crippen molar-refractivity contribution in [3.63, 3.8) is 0 Å². The molecule has 0 N–H and O–H groups in total. The van der Waals surface area contributed by atoms with Crippen molar-refractivity contribution in [2.45, 2.75) is 21.1 Å². The molecule has 0 aromatic heterocycles. The van der Waals surface area contributed by atoms with Gasteiger partial charge in [-0.25, -0.2) is 0 Å². The first-order valence-corrected chi connectivity index (χ1v) is 10.3. The van der Waals surface area contributed by atoms with Crippen molar-refractivity contribution in [2.24, 2.45) is 0 Å². The molecule has 0 amide bonds. The summed E-state index contributed by atoms with van der Waals surface area (Å²) in [6.45, 7) is 0. The lowest BCUT2D eigenvalue weighted by molar-refractivity contribution is -0.133. The lowest BCUT2D eigenvalue weighted by Gasteiger charge is -2.09. The zero-order chi connectivity index (χ0) is 17.5. The number of ether oxygens (including phenoxy) is 1. The standard InChI is InChI=1S/C21H18BrO2S/c22-16-15-21(23)24-17-11-13-20(14-12-17)25(18-7-3-1-4-8-18)19-9-5-2-6-10-19/h1-14H,15-16H2/q+1. The fraction of sp³-hybridized carbons (Fsp3) is 0.0952. The molecular formula is C21H18BrO2S+. The molecule has 2 nitrogen and oxygen atoms in total. The quantitative estimate of drug-likeness (QED) is 0.231. The van der Waals surface area contributed by atoms with Gasteiger partial charge >= 0.3 is 5.97 Å². The minimum Gasteiger partial charge on any atom is -0.427 e. The number of rotatable bonds is 6. The lowest BCUT2D eigenvalue weighted by atomic mass is 10.3. The van der Waals surface area contributed by atoms with Gasteiger partial charge in [0, 0.05) is 5.33 Å². The molecule has 0 aliphatic rings. The van der Waals surface area contributed by atoms with Gasteiger partial charge in [-0.3, -0.25) is 4.79 Å². The monoisotopic (exact) mass is 413 g/mol. The number of halogens is 1. The highest BCUT2D eigenvalue weighted by Crippen LogP contribution is 2.31. The summed E-state index contributed by atoms with van der Waals surface area (Å²) in [4.78, 5) is 15.3. The molecule has 4 heteroatoms. The first-order valence-electron chi connectivity index (χ1n) is 7.99. The Morgan fingerprint density at radius 1 is 0.760 bits per heavy atom. The summed E-state index contributed by atoms with van der Waals surface area (Å²) in [6.07, 6.45) is 0.361. The van der Waals surface area contributed by atoms with Gasteiger partial charge in [-0.05, 0) is 48.5 Å². The predicted molar refractivity (Wildman–Crippen MR) is 106 cm³/mol. The molecule has 0 radical (unpaired) electrons. The first-order chi connectivity index (χ1) is 12.3. The summed E-state index contributed by atoms with van der Waals surface area (Å²) in [6, 6.07) is 28.7. The number of carbonyl (C=O) groups is 1. The summed E-state index contributed by atoms with van der Waals surface area (Å²) in [5.74, 6) is 0.356. The van der Waals surface area contributed by atoms with E-state index in [9.17, 15) is 4.79 Å². The van der Waals surface area contributed by atoms with Crippen molar-refractivity contribution in [3.05, 3.63) is 84.9 Å². The van der Waals surface area contributed by atoms with Gasteiger partial charge in [-0.15, -0.1) is 0 Å². The number of alkyl halides is 1. The fourth-order valence-corrected chi connectivity index (χ4v) is 4.83. The van der Waals surface area contributed by atoms with E-state index in [2.05, 4.69) is 64.5 Å². The molecule has 0 atom stereocenters. The Hall–Kier alpha value is -2.04. The number of carbonyl (C=O) groups excluding carboxylic acids is 1. The van der Waals surface area contributed by atoms with Crippen LogP contribution in [-0.4, -0.2) is 11.3 Å². The summed E-state index contributed by atoms with van der Waals surface area (Å²) in [5, 5.41) is 0.607. The molecule has 0 saturated heterocycles. The Kier molecular flexibility index (Phi) is 6.31. The van der Waals surface area contributed by atoms with Crippen LogP contribution in [0.1, 0.15) is 6.42 Å². The van der Waals surface area contributed by atoms with E-state index in [1.807, 2.05) is 36.4 Å². The van der Waals surface area contributed by atoms with E-state index < -0.39 is 0 Å². The second-order valence-electron chi connectivity index (χ2n) is 5.32. The third-order valence-electron chi connectivity index (χ3n) is 3.55. The third-order valence-corrected chi connectivity index (χ3v) is 6.17. The maximum Gasteiger partial charge on any atom is 0.312 e. The highest BCUT2D eigenvalue weighted by atomic mass is 79.9. The molecule has 0 heterocycles. The topological polar surface area (TPSA) is 26.3 Å². The number of hydrogen-bond donors (Lipinski definition) is 0. The van der Waals surface area contributed by atoms with E-state index >= 15 is 0 Å². The molecule has 3 aromatic rings. The van der Waals surface area contributed by atoms with Crippen LogP contribution < -0.4 is 4.74 Å². The van der Waals surface area contributed by atoms with Gasteiger partial charge in [0.15, 0.2) is 14.7 Å². The number of hydrogen-bond acceptors (Lipinski definition) is 2. The number of esters is 1. The molecule has 0 saturated carbocycles. The van der Waals surface area contributed by atoms with Crippen LogP contribution in [0.3, 0.4) is 0 Å². The largest absolute Gasteiger partial charge is 0.427 e. The van der Waals surface area contributed by atoms with Gasteiger partial charge in [0.1, 0.15) is 5.75 Å². The molecule has 126 valence electrons. The Morgan fingerprint density at radius 2 is 1.24 bits per heavy atom. The maximum absolute atomic E-state index is 11.6. The molecule has 25 heavy (non-hydrogen) atoms. The van der Waals surface area contributed by atoms with Crippen molar-refractivity contribution < 1.29 is 9.53 Å². The summed E-state index contributed by atoms with van der Waals surface area (Å²) in [7, 11) is -0.187. The van der Waals surface area contributed by atoms with Crippen LogP contribution in [0.2, 0.25) is 0 Å². The zero-order valence-electron chi connectivity index (χ0n) is 13.6. The third kappa shape index (κ3) is 4.74. The summed E-state index contributed by atoms with van der Waals surface area (Å²) in [5.41, 5.74) is 0. The Labute approximate surface area is 159 Å². The van der Waals surface area contributed by atoms with Crippen LogP contribution in [0.25, 0.3) is 0 Å². The van der Waals surface area contributed by atoms with Gasteiger partial charge in [0.25, 0.3) is 0 Å². The van der Waals surface area contributed by atoms with Gasteiger partial charge in [-0.1, -0.05) is 52.3 Å². The Morgan fingerprint density at radius 3 is 1.72 bits per heavy atom. The molecule has 0 spiro atoms. The van der Waals surface area contributed by atoms with E-state index in [0.717, 1.165) is 0 Å². The highest BCUT2D eigenvalue weighted by molar-refractivity contribution is 9.09. The van der Waals surface area contributed by atoms with Crippen molar-refractivity contribution in [2.75, 3.05) is 5.33 Å². The van der Waals surface area contributed by atoms with Crippen LogP contribution >= 0.6 is 15.9 Å². The van der Waals surface area contributed by atoms with Gasteiger partial charge in [0.05, 0.1) is 17.3 Å². The van der Waals surface area contributed by atoms with E-state index in [-0.39, 0.29) is 16.9 Å². The lowest BCUT2D eigenvalue weighted by Crippen LogP contribution is -2.08. The van der Waals surface area contributed by atoms with Crippen molar-refractivity contribution in [1.29, 1.82) is 0 Å². The van der Waals surface area contributed by atoms with Crippen molar-refractivity contribution >= 4 is 32.8 Å². The smallest absolute Gasteiger partial charge is 0.312 e. The molecular weight excluding hydrogens is 396 g/mol. The second-order valence-corrected chi connectivity index (χ2v) is 8.14. The Balaban J connectivity index is 1.90. The molecule has 0 aliphatic heterocycles. The highest BCUT2D eigenvalue weighted by Gasteiger charge is 2.28. The minimum atomic E-state index is -0.227. The molecule has 0 unspecified atom stereocenters. The predicted octanol–water partition coefficient (Wildman–Crippen LogP) is 5.47. The number of benzene rings is 3. The summed E-state index contributed by atoms with van der Waals surface area (Å²) < 4.78 is 5.34. The molecule has 0 aliphatic carbocycles. The first kappa shape index (κ1) is 17.8. The molecule has 0 fully saturated rings. The van der Waals surface area contributed by atoms with Crippen molar-refractivity contribution in [3.8, 4) is 5.75 Å². The van der Waals surface area contributed by atoms with Crippen LogP contribution in [0.4, 0.5) is 0 Å². The zero-order valence-corrected chi connectivity index (χ0v) is 16.0.